The van der Waals surface area contributed by atoms with Gasteiger partial charge in [-0.3, -0.25) is 9.80 Å². The van der Waals surface area contributed by atoms with Crippen LogP contribution in [0.3, 0.4) is 0 Å². The molecule has 2 aromatic carbocycles. The molecule has 0 aromatic heterocycles. The highest BCUT2D eigenvalue weighted by Crippen LogP contribution is 2.38. The van der Waals surface area contributed by atoms with E-state index < -0.39 is 9.84 Å². The molecule has 0 radical (unpaired) electrons. The number of carbonyl (C=O) groups excluding carboxylic acids is 1. The van der Waals surface area contributed by atoms with E-state index in [0.29, 0.717) is 0 Å². The van der Waals surface area contributed by atoms with Crippen LogP contribution >= 0.6 is 0 Å². The zero-order chi connectivity index (χ0) is 16.9. The minimum atomic E-state index is -3.16. The van der Waals surface area contributed by atoms with E-state index in [4.69, 9.17) is 0 Å². The molecule has 124 valence electrons. The third-order valence-electron chi connectivity index (χ3n) is 4.78. The fourth-order valence-electron chi connectivity index (χ4n) is 3.71. The first-order valence-corrected chi connectivity index (χ1v) is 9.73. The molecule has 0 unspecified atom stereocenters. The van der Waals surface area contributed by atoms with E-state index in [-0.39, 0.29) is 29.6 Å². The first-order valence-electron chi connectivity index (χ1n) is 7.91. The number of hydrogen-bond donors (Lipinski definition) is 0. The van der Waals surface area contributed by atoms with Gasteiger partial charge in [0.25, 0.3) is 0 Å². The summed E-state index contributed by atoms with van der Waals surface area (Å²) in [6.45, 7) is 1.94. The van der Waals surface area contributed by atoms with Crippen LogP contribution in [-0.2, 0) is 9.84 Å². The number of fused-ring (bicyclic) bond motifs is 1. The maximum atomic E-state index is 13.1. The van der Waals surface area contributed by atoms with Crippen LogP contribution in [0, 0.1) is 6.92 Å². The topological polar surface area (TPSA) is 57.7 Å². The van der Waals surface area contributed by atoms with Gasteiger partial charge in [-0.05, 0) is 30.7 Å². The lowest BCUT2D eigenvalue weighted by Crippen LogP contribution is -2.38. The number of sulfone groups is 1. The summed E-state index contributed by atoms with van der Waals surface area (Å²) in [5.41, 5.74) is 2.49. The van der Waals surface area contributed by atoms with E-state index in [1.54, 1.807) is 9.80 Å². The summed E-state index contributed by atoms with van der Waals surface area (Å²) >= 11 is 0. The minimum absolute atomic E-state index is 0.0146. The maximum absolute atomic E-state index is 13.1. The average Bonchev–Trinajstić information content (AvgIpc) is 2.98. The van der Waals surface area contributed by atoms with Crippen LogP contribution < -0.4 is 9.80 Å². The van der Waals surface area contributed by atoms with Gasteiger partial charge < -0.3 is 0 Å². The first kappa shape index (κ1) is 15.2. The second-order valence-electron chi connectivity index (χ2n) is 6.36. The Labute approximate surface area is 141 Å². The predicted octanol–water partition coefficient (Wildman–Crippen LogP) is 2.61. The third-order valence-corrected chi connectivity index (χ3v) is 6.48. The van der Waals surface area contributed by atoms with Crippen molar-refractivity contribution in [3.63, 3.8) is 0 Å². The molecule has 0 saturated carbocycles. The summed E-state index contributed by atoms with van der Waals surface area (Å²) < 4.78 is 24.4. The van der Waals surface area contributed by atoms with E-state index in [0.717, 1.165) is 16.9 Å². The summed E-state index contributed by atoms with van der Waals surface area (Å²) in [7, 11) is -3.16. The lowest BCUT2D eigenvalue weighted by molar-refractivity contribution is 0.255. The number of amides is 2. The summed E-state index contributed by atoms with van der Waals surface area (Å²) in [5.74, 6) is 0.0295. The molecule has 5 nitrogen and oxygen atoms in total. The van der Waals surface area contributed by atoms with Crippen molar-refractivity contribution in [2.24, 2.45) is 0 Å². The van der Waals surface area contributed by atoms with Crippen LogP contribution in [0.1, 0.15) is 5.56 Å². The standard InChI is InChI=1S/C18H18N2O3S/c1-13-7-5-6-10-15(13)20-17-12-24(22,23)11-16(17)19(18(20)21)14-8-3-2-4-9-14/h2-10,16-17H,11-12H2,1H3/t16-,17-/m1/s1. The zero-order valence-electron chi connectivity index (χ0n) is 13.3. The summed E-state index contributed by atoms with van der Waals surface area (Å²) in [5, 5.41) is 0. The molecule has 0 bridgehead atoms. The molecule has 2 amide bonds. The van der Waals surface area contributed by atoms with Gasteiger partial charge in [0.1, 0.15) is 0 Å². The van der Waals surface area contributed by atoms with Gasteiger partial charge in [0.15, 0.2) is 9.84 Å². The molecule has 2 atom stereocenters. The second-order valence-corrected chi connectivity index (χ2v) is 8.51. The van der Waals surface area contributed by atoms with Crippen LogP contribution in [-0.4, -0.2) is 38.0 Å². The van der Waals surface area contributed by atoms with Gasteiger partial charge in [-0.2, -0.15) is 0 Å². The van der Waals surface area contributed by atoms with Crippen molar-refractivity contribution in [1.82, 2.24) is 0 Å². The predicted molar refractivity (Wildman–Crippen MR) is 94.2 cm³/mol. The van der Waals surface area contributed by atoms with Gasteiger partial charge >= 0.3 is 6.03 Å². The summed E-state index contributed by atoms with van der Waals surface area (Å²) in [4.78, 5) is 16.4. The number of hydrogen-bond acceptors (Lipinski definition) is 3. The minimum Gasteiger partial charge on any atom is -0.288 e. The number of para-hydroxylation sites is 2. The number of aryl methyl sites for hydroxylation is 1. The van der Waals surface area contributed by atoms with Gasteiger partial charge in [0, 0.05) is 11.4 Å². The van der Waals surface area contributed by atoms with Crippen molar-refractivity contribution in [3.8, 4) is 0 Å². The molecule has 2 aromatic rings. The molecule has 24 heavy (non-hydrogen) atoms. The van der Waals surface area contributed by atoms with Crippen LogP contribution in [0.25, 0.3) is 0 Å². The van der Waals surface area contributed by atoms with Gasteiger partial charge in [-0.15, -0.1) is 0 Å². The normalized spacial score (nSPS) is 25.1. The molecule has 2 aliphatic heterocycles. The first-order chi connectivity index (χ1) is 11.5. The molecule has 0 aliphatic carbocycles. The largest absolute Gasteiger partial charge is 0.329 e. The van der Waals surface area contributed by atoms with Gasteiger partial charge in [-0.25, -0.2) is 13.2 Å². The van der Waals surface area contributed by atoms with Crippen molar-refractivity contribution in [3.05, 3.63) is 60.2 Å². The van der Waals surface area contributed by atoms with Crippen LogP contribution in [0.5, 0.6) is 0 Å². The Morgan fingerprint density at radius 3 is 2.12 bits per heavy atom. The quantitative estimate of drug-likeness (QED) is 0.788. The Morgan fingerprint density at radius 1 is 0.875 bits per heavy atom. The molecule has 2 fully saturated rings. The number of benzene rings is 2. The summed E-state index contributed by atoms with van der Waals surface area (Å²) in [6.07, 6.45) is 0. The summed E-state index contributed by atoms with van der Waals surface area (Å²) in [6, 6.07) is 16.1. The molecule has 0 spiro atoms. The number of rotatable bonds is 2. The lowest BCUT2D eigenvalue weighted by atomic mass is 10.1. The van der Waals surface area contributed by atoms with Gasteiger partial charge in [0.05, 0.1) is 23.6 Å². The number of carbonyl (C=O) groups is 1. The third kappa shape index (κ3) is 2.29. The van der Waals surface area contributed by atoms with Crippen molar-refractivity contribution < 1.29 is 13.2 Å². The molecule has 0 N–H and O–H groups in total. The molecule has 2 heterocycles. The second kappa shape index (κ2) is 5.34. The molecular formula is C18H18N2O3S. The van der Waals surface area contributed by atoms with E-state index in [1.807, 2.05) is 61.5 Å². The molecule has 2 aliphatic rings. The van der Waals surface area contributed by atoms with Gasteiger partial charge in [0.2, 0.25) is 0 Å². The Morgan fingerprint density at radius 2 is 1.46 bits per heavy atom. The van der Waals surface area contributed by atoms with Crippen LogP contribution in [0.4, 0.5) is 16.2 Å². The van der Waals surface area contributed by atoms with E-state index in [2.05, 4.69) is 0 Å². The van der Waals surface area contributed by atoms with Crippen LogP contribution in [0.15, 0.2) is 54.6 Å². The van der Waals surface area contributed by atoms with Crippen LogP contribution in [0.2, 0.25) is 0 Å². The fraction of sp³-hybridized carbons (Fsp3) is 0.278. The Bertz CT molecular complexity index is 895. The Hall–Kier alpha value is -2.34. The fourth-order valence-corrected chi connectivity index (χ4v) is 5.63. The van der Waals surface area contributed by atoms with E-state index >= 15 is 0 Å². The monoisotopic (exact) mass is 342 g/mol. The Balaban J connectivity index is 1.84. The maximum Gasteiger partial charge on any atom is 0.329 e. The smallest absolute Gasteiger partial charge is 0.288 e. The van der Waals surface area contributed by atoms with E-state index in [9.17, 15) is 13.2 Å². The molecule has 4 rings (SSSR count). The van der Waals surface area contributed by atoms with Crippen molar-refractivity contribution in [2.75, 3.05) is 21.3 Å². The number of urea groups is 1. The number of anilines is 2. The van der Waals surface area contributed by atoms with Crippen molar-refractivity contribution >= 4 is 27.2 Å². The van der Waals surface area contributed by atoms with E-state index in [1.165, 1.54) is 0 Å². The zero-order valence-corrected chi connectivity index (χ0v) is 14.1. The molecule has 6 heteroatoms. The highest BCUT2D eigenvalue weighted by molar-refractivity contribution is 7.91. The number of nitrogens with zero attached hydrogens (tertiary/aromatic N) is 2. The SMILES string of the molecule is Cc1ccccc1N1C(=O)N(c2ccccc2)[C@@H]2CS(=O)(=O)C[C@H]21. The highest BCUT2D eigenvalue weighted by atomic mass is 32.2. The molecule has 2 saturated heterocycles. The Kier molecular flexibility index (Phi) is 3.38. The van der Waals surface area contributed by atoms with Crippen molar-refractivity contribution in [2.45, 2.75) is 19.0 Å². The average molecular weight is 342 g/mol. The lowest BCUT2D eigenvalue weighted by Gasteiger charge is -2.24. The van der Waals surface area contributed by atoms with Crippen molar-refractivity contribution in [1.29, 1.82) is 0 Å². The van der Waals surface area contributed by atoms with Gasteiger partial charge in [-0.1, -0.05) is 36.4 Å². The molecular weight excluding hydrogens is 324 g/mol. The highest BCUT2D eigenvalue weighted by Gasteiger charge is 2.54.